The molecule has 1 heterocycles. The summed E-state index contributed by atoms with van der Waals surface area (Å²) in [5.74, 6) is 0. The third-order valence-corrected chi connectivity index (χ3v) is 2.35. The molecular weight excluding hydrogens is 178 g/mol. The lowest BCUT2D eigenvalue weighted by Gasteiger charge is -2.12. The van der Waals surface area contributed by atoms with Crippen LogP contribution in [0.1, 0.15) is 25.5 Å². The first kappa shape index (κ1) is 11.2. The van der Waals surface area contributed by atoms with Gasteiger partial charge in [-0.3, -0.25) is 4.68 Å². The van der Waals surface area contributed by atoms with Crippen molar-refractivity contribution in [2.45, 2.75) is 32.4 Å². The Morgan fingerprint density at radius 1 is 1.64 bits per heavy atom. The lowest BCUT2D eigenvalue weighted by atomic mass is 10.2. The molecule has 4 heteroatoms. The number of nitrogens with one attached hydrogen (secondary N) is 1. The van der Waals surface area contributed by atoms with E-state index in [2.05, 4.69) is 17.3 Å². The van der Waals surface area contributed by atoms with Gasteiger partial charge in [0.1, 0.15) is 0 Å². The van der Waals surface area contributed by atoms with Gasteiger partial charge in [-0.15, -0.1) is 0 Å². The van der Waals surface area contributed by atoms with Gasteiger partial charge in [0.25, 0.3) is 0 Å². The topological polar surface area (TPSA) is 50.1 Å². The Morgan fingerprint density at radius 2 is 2.43 bits per heavy atom. The molecule has 14 heavy (non-hydrogen) atoms. The zero-order valence-corrected chi connectivity index (χ0v) is 8.90. The molecule has 0 aliphatic rings. The Hall–Kier alpha value is -0.870. The van der Waals surface area contributed by atoms with Gasteiger partial charge in [0, 0.05) is 32.4 Å². The molecule has 0 aliphatic carbocycles. The van der Waals surface area contributed by atoms with E-state index in [1.165, 1.54) is 5.69 Å². The Morgan fingerprint density at radius 3 is 3.00 bits per heavy atom. The molecule has 80 valence electrons. The van der Waals surface area contributed by atoms with E-state index in [9.17, 15) is 0 Å². The number of nitrogens with zero attached hydrogens (tertiary/aromatic N) is 2. The van der Waals surface area contributed by atoms with Crippen LogP contribution in [0.5, 0.6) is 0 Å². The second-order valence-corrected chi connectivity index (χ2v) is 3.59. The van der Waals surface area contributed by atoms with E-state index in [4.69, 9.17) is 5.11 Å². The minimum absolute atomic E-state index is 0.276. The largest absolute Gasteiger partial charge is 0.396 e. The molecule has 4 nitrogen and oxygen atoms in total. The molecule has 0 fully saturated rings. The maximum absolute atomic E-state index is 8.67. The maximum Gasteiger partial charge on any atom is 0.0518 e. The molecule has 1 atom stereocenters. The summed E-state index contributed by atoms with van der Waals surface area (Å²) in [6.45, 7) is 3.24. The summed E-state index contributed by atoms with van der Waals surface area (Å²) in [6.07, 6.45) is 3.67. The quantitative estimate of drug-likeness (QED) is 0.704. The smallest absolute Gasteiger partial charge is 0.0518 e. The molecule has 0 aliphatic heterocycles. The van der Waals surface area contributed by atoms with Crippen molar-refractivity contribution < 1.29 is 5.11 Å². The van der Waals surface area contributed by atoms with Gasteiger partial charge in [0.2, 0.25) is 0 Å². The van der Waals surface area contributed by atoms with Crippen molar-refractivity contribution in [3.05, 3.63) is 18.0 Å². The third kappa shape index (κ3) is 3.47. The lowest BCUT2D eigenvalue weighted by molar-refractivity contribution is 0.276. The van der Waals surface area contributed by atoms with Gasteiger partial charge in [-0.25, -0.2) is 0 Å². The van der Waals surface area contributed by atoms with Crippen LogP contribution in [0.3, 0.4) is 0 Å². The number of aryl methyl sites for hydroxylation is 1. The molecular formula is C10H19N3O. The molecule has 1 aromatic heterocycles. The molecule has 0 aromatic carbocycles. The highest BCUT2D eigenvalue weighted by molar-refractivity contribution is 4.99. The highest BCUT2D eigenvalue weighted by Crippen LogP contribution is 1.99. The molecule has 0 saturated heterocycles. The molecule has 0 spiro atoms. The van der Waals surface area contributed by atoms with Crippen LogP contribution >= 0.6 is 0 Å². The minimum Gasteiger partial charge on any atom is -0.396 e. The molecule has 0 amide bonds. The van der Waals surface area contributed by atoms with Crippen LogP contribution in [0.2, 0.25) is 0 Å². The van der Waals surface area contributed by atoms with Gasteiger partial charge in [-0.05, 0) is 25.8 Å². The second kappa shape index (κ2) is 5.78. The average molecular weight is 197 g/mol. The summed E-state index contributed by atoms with van der Waals surface area (Å²) in [5.41, 5.74) is 1.18. The summed E-state index contributed by atoms with van der Waals surface area (Å²) in [5, 5.41) is 16.2. The summed E-state index contributed by atoms with van der Waals surface area (Å²) < 4.78 is 1.87. The van der Waals surface area contributed by atoms with Crippen molar-refractivity contribution in [3.63, 3.8) is 0 Å². The third-order valence-electron chi connectivity index (χ3n) is 2.35. The van der Waals surface area contributed by atoms with Crippen LogP contribution in [-0.2, 0) is 13.6 Å². The van der Waals surface area contributed by atoms with Crippen molar-refractivity contribution in [1.82, 2.24) is 15.1 Å². The van der Waals surface area contributed by atoms with Crippen molar-refractivity contribution >= 4 is 0 Å². The summed E-state index contributed by atoms with van der Waals surface area (Å²) in [6, 6.07) is 2.45. The fraction of sp³-hybridized carbons (Fsp3) is 0.700. The van der Waals surface area contributed by atoms with E-state index < -0.39 is 0 Å². The minimum atomic E-state index is 0.276. The standard InChI is InChI=1S/C10H19N3O/c1-9(4-3-7-14)11-8-10-5-6-12-13(10)2/h5-6,9,11,14H,3-4,7-8H2,1-2H3. The van der Waals surface area contributed by atoms with Crippen molar-refractivity contribution in [2.24, 2.45) is 7.05 Å². The number of hydrogen-bond acceptors (Lipinski definition) is 3. The van der Waals surface area contributed by atoms with Crippen molar-refractivity contribution in [3.8, 4) is 0 Å². The van der Waals surface area contributed by atoms with E-state index in [1.807, 2.05) is 17.8 Å². The van der Waals surface area contributed by atoms with Gasteiger partial charge in [0.15, 0.2) is 0 Å². The SMILES string of the molecule is CC(CCCO)NCc1ccnn1C. The number of aliphatic hydroxyl groups is 1. The molecule has 1 rings (SSSR count). The molecule has 0 radical (unpaired) electrons. The van der Waals surface area contributed by atoms with E-state index >= 15 is 0 Å². The first-order valence-corrected chi connectivity index (χ1v) is 5.05. The van der Waals surface area contributed by atoms with Gasteiger partial charge in [-0.2, -0.15) is 5.10 Å². The summed E-state index contributed by atoms with van der Waals surface area (Å²) >= 11 is 0. The lowest BCUT2D eigenvalue weighted by Crippen LogP contribution is -2.26. The van der Waals surface area contributed by atoms with Crippen LogP contribution in [0.4, 0.5) is 0 Å². The second-order valence-electron chi connectivity index (χ2n) is 3.59. The fourth-order valence-electron chi connectivity index (χ4n) is 1.35. The Balaban J connectivity index is 2.23. The van der Waals surface area contributed by atoms with E-state index in [-0.39, 0.29) is 6.61 Å². The monoisotopic (exact) mass is 197 g/mol. The van der Waals surface area contributed by atoms with Crippen LogP contribution < -0.4 is 5.32 Å². The van der Waals surface area contributed by atoms with Gasteiger partial charge < -0.3 is 10.4 Å². The molecule has 0 bridgehead atoms. The van der Waals surface area contributed by atoms with Gasteiger partial charge in [0.05, 0.1) is 5.69 Å². The van der Waals surface area contributed by atoms with Crippen molar-refractivity contribution in [1.29, 1.82) is 0 Å². The maximum atomic E-state index is 8.67. The van der Waals surface area contributed by atoms with E-state index in [1.54, 1.807) is 6.20 Å². The predicted octanol–water partition coefficient (Wildman–Crippen LogP) is 0.671. The van der Waals surface area contributed by atoms with Gasteiger partial charge >= 0.3 is 0 Å². The predicted molar refractivity (Wildman–Crippen MR) is 55.8 cm³/mol. The van der Waals surface area contributed by atoms with Crippen LogP contribution in [0, 0.1) is 0 Å². The van der Waals surface area contributed by atoms with Crippen molar-refractivity contribution in [2.75, 3.05) is 6.61 Å². The Labute approximate surface area is 84.9 Å². The number of aromatic nitrogens is 2. The zero-order valence-electron chi connectivity index (χ0n) is 8.90. The Bertz CT molecular complexity index is 260. The zero-order chi connectivity index (χ0) is 10.4. The highest BCUT2D eigenvalue weighted by atomic mass is 16.2. The fourth-order valence-corrected chi connectivity index (χ4v) is 1.35. The molecule has 0 saturated carbocycles. The first-order chi connectivity index (χ1) is 6.74. The highest BCUT2D eigenvalue weighted by Gasteiger charge is 2.02. The summed E-state index contributed by atoms with van der Waals surface area (Å²) in [4.78, 5) is 0. The normalized spacial score (nSPS) is 13.1. The van der Waals surface area contributed by atoms with Crippen LogP contribution in [0.15, 0.2) is 12.3 Å². The molecule has 1 aromatic rings. The number of aliphatic hydroxyl groups excluding tert-OH is 1. The number of hydrogen-bond donors (Lipinski definition) is 2. The Kier molecular flexibility index (Phi) is 4.62. The van der Waals surface area contributed by atoms with E-state index in [0.717, 1.165) is 19.4 Å². The number of rotatable bonds is 6. The summed E-state index contributed by atoms with van der Waals surface area (Å²) in [7, 11) is 1.94. The first-order valence-electron chi connectivity index (χ1n) is 5.05. The van der Waals surface area contributed by atoms with Crippen LogP contribution in [0.25, 0.3) is 0 Å². The van der Waals surface area contributed by atoms with E-state index in [0.29, 0.717) is 6.04 Å². The van der Waals surface area contributed by atoms with Gasteiger partial charge in [-0.1, -0.05) is 0 Å². The molecule has 2 N–H and O–H groups in total. The average Bonchev–Trinajstić information content (AvgIpc) is 2.58. The van der Waals surface area contributed by atoms with Crippen LogP contribution in [-0.4, -0.2) is 27.5 Å². The molecule has 1 unspecified atom stereocenters.